The summed E-state index contributed by atoms with van der Waals surface area (Å²) >= 11 is 5.87. The van der Waals surface area contributed by atoms with Crippen LogP contribution in [0.25, 0.3) is 11.5 Å². The van der Waals surface area contributed by atoms with E-state index >= 15 is 0 Å². The van der Waals surface area contributed by atoms with Crippen molar-refractivity contribution >= 4 is 29.2 Å². The van der Waals surface area contributed by atoms with Gasteiger partial charge in [-0.2, -0.15) is 19.6 Å². The second-order valence-corrected chi connectivity index (χ2v) is 6.34. The number of benzene rings is 2. The highest BCUT2D eigenvalue weighted by atomic mass is 35.5. The third-order valence-electron chi connectivity index (χ3n) is 3.79. The predicted molar refractivity (Wildman–Crippen MR) is 104 cm³/mol. The summed E-state index contributed by atoms with van der Waals surface area (Å²) in [6, 6.07) is 12.3. The molecule has 0 aliphatic rings. The highest BCUT2D eigenvalue weighted by molar-refractivity contribution is 6.30. The van der Waals surface area contributed by atoms with E-state index < -0.39 is 11.6 Å². The number of hydrogen-bond donors (Lipinski definition) is 2. The van der Waals surface area contributed by atoms with Crippen LogP contribution in [0.5, 0.6) is 0 Å². The van der Waals surface area contributed by atoms with Crippen molar-refractivity contribution in [3.05, 3.63) is 75.7 Å². The van der Waals surface area contributed by atoms with Gasteiger partial charge in [0.05, 0.1) is 0 Å². The predicted octanol–water partition coefficient (Wildman–Crippen LogP) is 2.85. The minimum atomic E-state index is -0.712. The molecule has 29 heavy (non-hydrogen) atoms. The molecular weight excluding hydrogens is 401 g/mol. The van der Waals surface area contributed by atoms with Crippen molar-refractivity contribution in [3.63, 3.8) is 0 Å². The molecule has 0 spiro atoms. The van der Waals surface area contributed by atoms with Crippen LogP contribution in [0.4, 0.5) is 22.0 Å². The molecule has 0 aliphatic carbocycles. The van der Waals surface area contributed by atoms with E-state index in [9.17, 15) is 9.18 Å². The van der Waals surface area contributed by atoms with E-state index in [4.69, 9.17) is 21.8 Å². The Morgan fingerprint density at radius 2 is 1.79 bits per heavy atom. The Kier molecular flexibility index (Phi) is 4.92. The number of aromatic nitrogens is 5. The van der Waals surface area contributed by atoms with Gasteiger partial charge in [0.25, 0.3) is 0 Å². The van der Waals surface area contributed by atoms with Crippen molar-refractivity contribution in [2.24, 2.45) is 0 Å². The first-order valence-corrected chi connectivity index (χ1v) is 8.71. The molecule has 3 N–H and O–H groups in total. The molecule has 0 atom stereocenters. The van der Waals surface area contributed by atoms with E-state index in [-0.39, 0.29) is 30.2 Å². The number of anilines is 3. The van der Waals surface area contributed by atoms with Gasteiger partial charge in [-0.3, -0.25) is 0 Å². The van der Waals surface area contributed by atoms with Gasteiger partial charge in [0.2, 0.25) is 17.8 Å². The molecule has 0 radical (unpaired) electrons. The third-order valence-corrected chi connectivity index (χ3v) is 4.04. The van der Waals surface area contributed by atoms with Crippen LogP contribution in [0.2, 0.25) is 5.02 Å². The summed E-state index contributed by atoms with van der Waals surface area (Å²) in [5.41, 5.74) is 6.91. The lowest BCUT2D eigenvalue weighted by Crippen LogP contribution is -2.19. The number of rotatable bonds is 5. The SMILES string of the molecule is Nc1nc(Cn2nc(-c3ccc(F)cc3)oc2=O)nc(Nc2ccc(Cl)cc2)n1. The lowest BCUT2D eigenvalue weighted by molar-refractivity contribution is 0.491. The Morgan fingerprint density at radius 3 is 2.52 bits per heavy atom. The summed E-state index contributed by atoms with van der Waals surface area (Å²) < 4.78 is 19.2. The van der Waals surface area contributed by atoms with E-state index in [1.165, 1.54) is 24.3 Å². The first-order valence-electron chi connectivity index (χ1n) is 8.33. The summed E-state index contributed by atoms with van der Waals surface area (Å²) in [5, 5.41) is 7.67. The normalized spacial score (nSPS) is 10.8. The Hall–Kier alpha value is -3.79. The fraction of sp³-hybridized carbons (Fsp3) is 0.0556. The van der Waals surface area contributed by atoms with Crippen molar-refractivity contribution in [1.29, 1.82) is 0 Å². The fourth-order valence-corrected chi connectivity index (χ4v) is 2.60. The monoisotopic (exact) mass is 413 g/mol. The molecule has 0 saturated heterocycles. The van der Waals surface area contributed by atoms with Crippen molar-refractivity contribution in [3.8, 4) is 11.5 Å². The van der Waals surface area contributed by atoms with E-state index in [1.807, 2.05) is 0 Å². The zero-order valence-corrected chi connectivity index (χ0v) is 15.5. The van der Waals surface area contributed by atoms with Gasteiger partial charge in [-0.15, -0.1) is 5.10 Å². The van der Waals surface area contributed by atoms with Gasteiger partial charge in [-0.25, -0.2) is 9.18 Å². The number of nitrogens with one attached hydrogen (secondary N) is 1. The van der Waals surface area contributed by atoms with E-state index in [2.05, 4.69) is 25.4 Å². The molecule has 2 aromatic heterocycles. The van der Waals surface area contributed by atoms with Crippen LogP contribution in [0, 0.1) is 5.82 Å². The second kappa shape index (κ2) is 7.68. The Labute approximate surface area is 168 Å². The Balaban J connectivity index is 1.58. The maximum absolute atomic E-state index is 13.1. The Bertz CT molecular complexity index is 1210. The molecule has 9 nitrogen and oxygen atoms in total. The van der Waals surface area contributed by atoms with Crippen LogP contribution in [0.15, 0.2) is 57.7 Å². The molecule has 0 amide bonds. The van der Waals surface area contributed by atoms with Crippen LogP contribution in [0.1, 0.15) is 5.82 Å². The van der Waals surface area contributed by atoms with Crippen LogP contribution in [-0.4, -0.2) is 24.7 Å². The molecule has 4 rings (SSSR count). The maximum Gasteiger partial charge on any atom is 0.437 e. The third kappa shape index (κ3) is 4.38. The molecule has 0 unspecified atom stereocenters. The molecule has 146 valence electrons. The molecule has 4 aromatic rings. The first kappa shape index (κ1) is 18.6. The van der Waals surface area contributed by atoms with Gasteiger partial charge in [-0.1, -0.05) is 11.6 Å². The van der Waals surface area contributed by atoms with E-state index in [0.29, 0.717) is 16.3 Å². The molecule has 2 aromatic carbocycles. The zero-order valence-electron chi connectivity index (χ0n) is 14.7. The van der Waals surface area contributed by atoms with Crippen molar-refractivity contribution in [2.45, 2.75) is 6.54 Å². The number of nitrogen functional groups attached to an aromatic ring is 1. The Morgan fingerprint density at radius 1 is 1.07 bits per heavy atom. The first-order chi connectivity index (χ1) is 14.0. The lowest BCUT2D eigenvalue weighted by Gasteiger charge is -2.07. The molecule has 11 heteroatoms. The van der Waals surface area contributed by atoms with Gasteiger partial charge in [0.1, 0.15) is 12.4 Å². The largest absolute Gasteiger partial charge is 0.437 e. The van der Waals surface area contributed by atoms with Crippen molar-refractivity contribution in [1.82, 2.24) is 24.7 Å². The van der Waals surface area contributed by atoms with Gasteiger partial charge in [-0.05, 0) is 48.5 Å². The fourth-order valence-electron chi connectivity index (χ4n) is 2.48. The average Bonchev–Trinajstić information content (AvgIpc) is 3.04. The van der Waals surface area contributed by atoms with Crippen LogP contribution in [0.3, 0.4) is 0 Å². The number of nitrogens with two attached hydrogens (primary N) is 1. The molecule has 0 aliphatic heterocycles. The minimum absolute atomic E-state index is 0.0261. The summed E-state index contributed by atoms with van der Waals surface area (Å²) in [6.07, 6.45) is 0. The average molecular weight is 414 g/mol. The molecule has 0 fully saturated rings. The number of halogens is 2. The summed E-state index contributed by atoms with van der Waals surface area (Å²) in [7, 11) is 0. The number of nitrogens with zero attached hydrogens (tertiary/aromatic N) is 5. The van der Waals surface area contributed by atoms with E-state index in [1.54, 1.807) is 24.3 Å². The van der Waals surface area contributed by atoms with Crippen LogP contribution >= 0.6 is 11.6 Å². The lowest BCUT2D eigenvalue weighted by atomic mass is 10.2. The van der Waals surface area contributed by atoms with Gasteiger partial charge < -0.3 is 15.5 Å². The summed E-state index contributed by atoms with van der Waals surface area (Å²) in [6.45, 7) is -0.0917. The molecule has 0 bridgehead atoms. The highest BCUT2D eigenvalue weighted by Gasteiger charge is 2.13. The zero-order chi connectivity index (χ0) is 20.4. The van der Waals surface area contributed by atoms with Gasteiger partial charge in [0, 0.05) is 16.3 Å². The minimum Gasteiger partial charge on any atom is -0.388 e. The molecule has 0 saturated carbocycles. The topological polar surface area (TPSA) is 125 Å². The standard InChI is InChI=1S/C18H13ClFN7O2/c19-11-3-7-13(8-4-11)22-17-24-14(23-16(21)25-17)9-27-18(28)29-15(26-27)10-1-5-12(20)6-2-10/h1-8H,9H2,(H3,21,22,23,24,25). The summed E-state index contributed by atoms with van der Waals surface area (Å²) in [4.78, 5) is 24.4. The highest BCUT2D eigenvalue weighted by Crippen LogP contribution is 2.18. The summed E-state index contributed by atoms with van der Waals surface area (Å²) in [5.74, 6) is -0.689. The van der Waals surface area contributed by atoms with Crippen LogP contribution in [-0.2, 0) is 6.54 Å². The van der Waals surface area contributed by atoms with Gasteiger partial charge >= 0.3 is 5.76 Å². The molecular formula is C18H13ClFN7O2. The maximum atomic E-state index is 13.1. The number of hydrogen-bond acceptors (Lipinski definition) is 8. The van der Waals surface area contributed by atoms with Crippen LogP contribution < -0.4 is 16.8 Å². The molecule has 2 heterocycles. The van der Waals surface area contributed by atoms with Crippen molar-refractivity contribution < 1.29 is 8.81 Å². The van der Waals surface area contributed by atoms with Gasteiger partial charge in [0.15, 0.2) is 5.82 Å². The van der Waals surface area contributed by atoms with E-state index in [0.717, 1.165) is 4.68 Å². The smallest absolute Gasteiger partial charge is 0.388 e. The quantitative estimate of drug-likeness (QED) is 0.511. The second-order valence-electron chi connectivity index (χ2n) is 5.90. The van der Waals surface area contributed by atoms with Crippen molar-refractivity contribution in [2.75, 3.05) is 11.1 Å².